The first-order valence-corrected chi connectivity index (χ1v) is 9.04. The molecule has 6 heteroatoms. The minimum atomic E-state index is -0.104. The Balaban J connectivity index is 1.74. The molecular weight excluding hydrogens is 320 g/mol. The largest absolute Gasteiger partial charge is 0.494 e. The summed E-state index contributed by atoms with van der Waals surface area (Å²) in [6.45, 7) is 10.9. The molecule has 1 atom stereocenters. The maximum atomic E-state index is 12.1. The molecule has 0 spiro atoms. The number of morpholine rings is 1. The van der Waals surface area contributed by atoms with Crippen molar-refractivity contribution in [2.75, 3.05) is 46.1 Å². The SMILES string of the molecule is CCOc1ccc(OCC(=O)NC[C@@H](C(C)C)N2CCOCC2)cc1. The number of carbonyl (C=O) groups excluding carboxylic acids is 1. The van der Waals surface area contributed by atoms with Crippen LogP contribution in [0, 0.1) is 5.92 Å². The predicted octanol–water partition coefficient (Wildman–Crippen LogP) is 1.94. The van der Waals surface area contributed by atoms with E-state index in [-0.39, 0.29) is 12.5 Å². The molecule has 0 aliphatic carbocycles. The van der Waals surface area contributed by atoms with E-state index < -0.39 is 0 Å². The zero-order valence-electron chi connectivity index (χ0n) is 15.5. The lowest BCUT2D eigenvalue weighted by molar-refractivity contribution is -0.123. The second-order valence-electron chi connectivity index (χ2n) is 6.46. The van der Waals surface area contributed by atoms with Crippen LogP contribution in [0.15, 0.2) is 24.3 Å². The van der Waals surface area contributed by atoms with E-state index in [0.29, 0.717) is 30.9 Å². The highest BCUT2D eigenvalue weighted by Gasteiger charge is 2.24. The molecule has 1 aliphatic rings. The number of amides is 1. The number of ether oxygens (including phenoxy) is 3. The third-order valence-electron chi connectivity index (χ3n) is 4.30. The minimum absolute atomic E-state index is 0.0158. The van der Waals surface area contributed by atoms with Crippen molar-refractivity contribution >= 4 is 5.91 Å². The van der Waals surface area contributed by atoms with E-state index in [1.54, 1.807) is 0 Å². The second-order valence-corrected chi connectivity index (χ2v) is 6.46. The van der Waals surface area contributed by atoms with Crippen LogP contribution in [0.5, 0.6) is 11.5 Å². The maximum absolute atomic E-state index is 12.1. The van der Waals surface area contributed by atoms with Gasteiger partial charge in [-0.25, -0.2) is 0 Å². The molecule has 1 saturated heterocycles. The summed E-state index contributed by atoms with van der Waals surface area (Å²) in [5.41, 5.74) is 0. The summed E-state index contributed by atoms with van der Waals surface area (Å²) >= 11 is 0. The van der Waals surface area contributed by atoms with Crippen molar-refractivity contribution in [3.8, 4) is 11.5 Å². The molecule has 6 nitrogen and oxygen atoms in total. The zero-order chi connectivity index (χ0) is 18.1. The van der Waals surface area contributed by atoms with Gasteiger partial charge in [0.25, 0.3) is 5.91 Å². The van der Waals surface area contributed by atoms with Crippen molar-refractivity contribution in [2.45, 2.75) is 26.8 Å². The van der Waals surface area contributed by atoms with Crippen LogP contribution in [0.25, 0.3) is 0 Å². The van der Waals surface area contributed by atoms with Crippen molar-refractivity contribution < 1.29 is 19.0 Å². The van der Waals surface area contributed by atoms with E-state index in [0.717, 1.165) is 32.1 Å². The minimum Gasteiger partial charge on any atom is -0.494 e. The Hall–Kier alpha value is -1.79. The van der Waals surface area contributed by atoms with Crippen molar-refractivity contribution in [3.63, 3.8) is 0 Å². The topological polar surface area (TPSA) is 60.0 Å². The van der Waals surface area contributed by atoms with Crippen molar-refractivity contribution in [2.24, 2.45) is 5.92 Å². The highest BCUT2D eigenvalue weighted by Crippen LogP contribution is 2.17. The average Bonchev–Trinajstić information content (AvgIpc) is 2.62. The van der Waals surface area contributed by atoms with Crippen LogP contribution in [0.1, 0.15) is 20.8 Å². The Bertz CT molecular complexity index is 513. The zero-order valence-corrected chi connectivity index (χ0v) is 15.5. The van der Waals surface area contributed by atoms with E-state index in [4.69, 9.17) is 14.2 Å². The number of nitrogens with one attached hydrogen (secondary N) is 1. The number of nitrogens with zero attached hydrogens (tertiary/aromatic N) is 1. The summed E-state index contributed by atoms with van der Waals surface area (Å²) in [6.07, 6.45) is 0. The summed E-state index contributed by atoms with van der Waals surface area (Å²) in [4.78, 5) is 14.5. The quantitative estimate of drug-likeness (QED) is 0.737. The maximum Gasteiger partial charge on any atom is 0.257 e. The number of rotatable bonds is 9. The van der Waals surface area contributed by atoms with Gasteiger partial charge in [-0.3, -0.25) is 9.69 Å². The van der Waals surface area contributed by atoms with Crippen LogP contribution in [-0.2, 0) is 9.53 Å². The molecule has 25 heavy (non-hydrogen) atoms. The summed E-state index contributed by atoms with van der Waals surface area (Å²) in [5, 5.41) is 2.99. The van der Waals surface area contributed by atoms with Crippen LogP contribution in [0.4, 0.5) is 0 Å². The smallest absolute Gasteiger partial charge is 0.257 e. The Morgan fingerprint density at radius 3 is 2.32 bits per heavy atom. The van der Waals surface area contributed by atoms with E-state index in [1.807, 2.05) is 31.2 Å². The third-order valence-corrected chi connectivity index (χ3v) is 4.30. The molecule has 140 valence electrons. The number of hydrogen-bond donors (Lipinski definition) is 1. The molecule has 1 fully saturated rings. The van der Waals surface area contributed by atoms with Crippen LogP contribution in [0.2, 0.25) is 0 Å². The lowest BCUT2D eigenvalue weighted by atomic mass is 10.0. The Kier molecular flexibility index (Phi) is 8.01. The first kappa shape index (κ1) is 19.5. The van der Waals surface area contributed by atoms with Gasteiger partial charge in [0.1, 0.15) is 11.5 Å². The number of benzene rings is 1. The van der Waals surface area contributed by atoms with Crippen molar-refractivity contribution in [3.05, 3.63) is 24.3 Å². The van der Waals surface area contributed by atoms with Gasteiger partial charge in [-0.05, 0) is 37.1 Å². The van der Waals surface area contributed by atoms with Gasteiger partial charge in [0.2, 0.25) is 0 Å². The molecule has 0 aromatic heterocycles. The molecule has 0 unspecified atom stereocenters. The van der Waals surface area contributed by atoms with Gasteiger partial charge in [-0.15, -0.1) is 0 Å². The lowest BCUT2D eigenvalue weighted by Gasteiger charge is -2.36. The number of hydrogen-bond acceptors (Lipinski definition) is 5. The highest BCUT2D eigenvalue weighted by atomic mass is 16.5. The van der Waals surface area contributed by atoms with Crippen LogP contribution >= 0.6 is 0 Å². The highest BCUT2D eigenvalue weighted by molar-refractivity contribution is 5.77. The molecule has 0 saturated carbocycles. The Morgan fingerprint density at radius 1 is 1.16 bits per heavy atom. The fourth-order valence-corrected chi connectivity index (χ4v) is 2.91. The standard InChI is InChI=1S/C19H30N2O4/c1-4-24-16-5-7-17(8-6-16)25-14-19(22)20-13-18(15(2)3)21-9-11-23-12-10-21/h5-8,15,18H,4,9-14H2,1-3H3,(H,20,22)/t18-/m0/s1. The molecule has 1 N–H and O–H groups in total. The average molecular weight is 350 g/mol. The fraction of sp³-hybridized carbons (Fsp3) is 0.632. The molecule has 1 heterocycles. The molecule has 0 radical (unpaired) electrons. The van der Waals surface area contributed by atoms with E-state index in [1.165, 1.54) is 0 Å². The van der Waals surface area contributed by atoms with Crippen molar-refractivity contribution in [1.82, 2.24) is 10.2 Å². The molecule has 1 aromatic carbocycles. The van der Waals surface area contributed by atoms with Gasteiger partial charge in [-0.2, -0.15) is 0 Å². The first-order chi connectivity index (χ1) is 12.1. The normalized spacial score (nSPS) is 16.5. The fourth-order valence-electron chi connectivity index (χ4n) is 2.91. The summed E-state index contributed by atoms with van der Waals surface area (Å²) in [5.74, 6) is 1.81. The van der Waals surface area contributed by atoms with Gasteiger partial charge < -0.3 is 19.5 Å². The Labute approximate surface area is 150 Å². The second kappa shape index (κ2) is 10.3. The molecule has 1 aliphatic heterocycles. The summed E-state index contributed by atoms with van der Waals surface area (Å²) < 4.78 is 16.3. The first-order valence-electron chi connectivity index (χ1n) is 9.04. The van der Waals surface area contributed by atoms with Gasteiger partial charge >= 0.3 is 0 Å². The van der Waals surface area contributed by atoms with Gasteiger partial charge in [-0.1, -0.05) is 13.8 Å². The number of carbonyl (C=O) groups is 1. The van der Waals surface area contributed by atoms with E-state index in [2.05, 4.69) is 24.1 Å². The van der Waals surface area contributed by atoms with Crippen molar-refractivity contribution in [1.29, 1.82) is 0 Å². The van der Waals surface area contributed by atoms with E-state index >= 15 is 0 Å². The molecule has 2 rings (SSSR count). The molecule has 1 amide bonds. The van der Waals surface area contributed by atoms with Gasteiger partial charge in [0.05, 0.1) is 19.8 Å². The van der Waals surface area contributed by atoms with Crippen LogP contribution in [-0.4, -0.2) is 62.9 Å². The van der Waals surface area contributed by atoms with Crippen LogP contribution in [0.3, 0.4) is 0 Å². The van der Waals surface area contributed by atoms with Gasteiger partial charge in [0, 0.05) is 25.7 Å². The lowest BCUT2D eigenvalue weighted by Crippen LogP contribution is -2.51. The predicted molar refractivity (Wildman–Crippen MR) is 97.1 cm³/mol. The summed E-state index contributed by atoms with van der Waals surface area (Å²) in [7, 11) is 0. The summed E-state index contributed by atoms with van der Waals surface area (Å²) in [6, 6.07) is 7.61. The van der Waals surface area contributed by atoms with Crippen LogP contribution < -0.4 is 14.8 Å². The third kappa shape index (κ3) is 6.55. The molecular formula is C19H30N2O4. The Morgan fingerprint density at radius 2 is 1.76 bits per heavy atom. The monoisotopic (exact) mass is 350 g/mol. The molecule has 1 aromatic rings. The van der Waals surface area contributed by atoms with E-state index in [9.17, 15) is 4.79 Å². The van der Waals surface area contributed by atoms with Gasteiger partial charge in [0.15, 0.2) is 6.61 Å². The molecule has 0 bridgehead atoms.